The molecule has 1 saturated heterocycles. The highest BCUT2D eigenvalue weighted by atomic mass is 32.2. The number of thioether (sulfide) groups is 1. The van der Waals surface area contributed by atoms with E-state index in [2.05, 4.69) is 83.0 Å². The molecule has 0 spiro atoms. The number of amidine groups is 1. The lowest BCUT2D eigenvalue weighted by Gasteiger charge is -2.43. The first-order valence-corrected chi connectivity index (χ1v) is 18.7. The number of ether oxygens (including phenoxy) is 2. The molecule has 2 atom stereocenters. The Bertz CT molecular complexity index is 2150. The molecule has 0 unspecified atom stereocenters. The Morgan fingerprint density at radius 3 is 2.09 bits per heavy atom. The second-order valence-corrected chi connectivity index (χ2v) is 14.3. The van der Waals surface area contributed by atoms with Gasteiger partial charge in [0, 0.05) is 42.7 Å². The molecule has 1 fully saturated rings. The topological polar surface area (TPSA) is 106 Å². The zero-order valence-corrected chi connectivity index (χ0v) is 30.1. The van der Waals surface area contributed by atoms with Crippen molar-refractivity contribution < 1.29 is 19.2 Å². The molecular formula is C43H38N4O5S. The molecule has 10 heteroatoms. The number of nitro benzene ring substituents is 1. The Kier molecular flexibility index (Phi) is 9.69. The average molecular weight is 723 g/mol. The first-order chi connectivity index (χ1) is 25.9. The summed E-state index contributed by atoms with van der Waals surface area (Å²) in [4.78, 5) is 32.0. The number of hydrogen-bond donors (Lipinski definition) is 1. The maximum Gasteiger partial charge on any atom is 0.269 e. The highest BCUT2D eigenvalue weighted by Gasteiger charge is 2.35. The Labute approximate surface area is 312 Å². The number of amides is 1. The number of nitrogens with one attached hydrogen (secondary N) is 1. The van der Waals surface area contributed by atoms with Crippen LogP contribution in [0, 0.1) is 10.1 Å². The van der Waals surface area contributed by atoms with Gasteiger partial charge in [-0.1, -0.05) is 66.7 Å². The zero-order chi connectivity index (χ0) is 36.3. The zero-order valence-electron chi connectivity index (χ0n) is 29.2. The molecule has 3 aliphatic heterocycles. The molecule has 8 rings (SSSR count). The van der Waals surface area contributed by atoms with Crippen LogP contribution >= 0.6 is 11.8 Å². The van der Waals surface area contributed by atoms with Gasteiger partial charge in [0.25, 0.3) is 11.6 Å². The van der Waals surface area contributed by atoms with E-state index in [1.807, 2.05) is 31.2 Å². The van der Waals surface area contributed by atoms with Crippen LogP contribution in [0.5, 0.6) is 11.5 Å². The third kappa shape index (κ3) is 7.27. The van der Waals surface area contributed by atoms with E-state index < -0.39 is 4.92 Å². The second kappa shape index (κ2) is 15.0. The molecule has 0 bridgehead atoms. The van der Waals surface area contributed by atoms with Gasteiger partial charge in [0.2, 0.25) is 0 Å². The minimum absolute atomic E-state index is 0.0281. The van der Waals surface area contributed by atoms with Crippen LogP contribution < -0.4 is 19.7 Å². The third-order valence-corrected chi connectivity index (χ3v) is 10.9. The number of anilines is 1. The Balaban J connectivity index is 1.08. The summed E-state index contributed by atoms with van der Waals surface area (Å²) in [6.45, 7) is 4.58. The van der Waals surface area contributed by atoms with E-state index >= 15 is 0 Å². The molecule has 0 radical (unpaired) electrons. The van der Waals surface area contributed by atoms with Gasteiger partial charge < -0.3 is 19.7 Å². The van der Waals surface area contributed by atoms with Gasteiger partial charge in [-0.15, -0.1) is 0 Å². The Morgan fingerprint density at radius 1 is 0.849 bits per heavy atom. The smallest absolute Gasteiger partial charge is 0.269 e. The fourth-order valence-electron chi connectivity index (χ4n) is 7.53. The van der Waals surface area contributed by atoms with E-state index in [-0.39, 0.29) is 30.0 Å². The van der Waals surface area contributed by atoms with Gasteiger partial charge in [-0.3, -0.25) is 14.9 Å². The van der Waals surface area contributed by atoms with Crippen LogP contribution in [0.2, 0.25) is 0 Å². The van der Waals surface area contributed by atoms with Crippen molar-refractivity contribution in [2.75, 3.05) is 24.6 Å². The molecular weight excluding hydrogens is 685 g/mol. The summed E-state index contributed by atoms with van der Waals surface area (Å²) in [7, 11) is 0. The maximum absolute atomic E-state index is 13.3. The fourth-order valence-corrected chi connectivity index (χ4v) is 8.37. The van der Waals surface area contributed by atoms with Gasteiger partial charge in [0.15, 0.2) is 16.7 Å². The van der Waals surface area contributed by atoms with Crippen molar-refractivity contribution in [2.45, 2.75) is 38.2 Å². The van der Waals surface area contributed by atoms with Crippen LogP contribution in [0.3, 0.4) is 0 Å². The predicted molar refractivity (Wildman–Crippen MR) is 210 cm³/mol. The highest BCUT2D eigenvalue weighted by molar-refractivity contribution is 8.18. The molecule has 0 saturated carbocycles. The van der Waals surface area contributed by atoms with Crippen molar-refractivity contribution >= 4 is 46.0 Å². The van der Waals surface area contributed by atoms with Crippen LogP contribution in [0.4, 0.5) is 17.1 Å². The minimum atomic E-state index is -0.428. The molecule has 0 aromatic heterocycles. The molecule has 5 aromatic carbocycles. The molecule has 266 valence electrons. The summed E-state index contributed by atoms with van der Waals surface area (Å²) in [6.07, 6.45) is 3.90. The van der Waals surface area contributed by atoms with Crippen molar-refractivity contribution in [1.82, 2.24) is 5.32 Å². The number of non-ortho nitro benzene ring substituents is 1. The first kappa shape index (κ1) is 34.2. The van der Waals surface area contributed by atoms with Crippen LogP contribution in [0.15, 0.2) is 125 Å². The summed E-state index contributed by atoms with van der Waals surface area (Å²) in [5.41, 5.74) is 8.98. The number of hydrogen-bond acceptors (Lipinski definition) is 8. The van der Waals surface area contributed by atoms with E-state index in [0.717, 1.165) is 42.7 Å². The number of benzene rings is 5. The predicted octanol–water partition coefficient (Wildman–Crippen LogP) is 9.34. The van der Waals surface area contributed by atoms with Crippen molar-refractivity contribution in [2.24, 2.45) is 4.99 Å². The maximum atomic E-state index is 13.3. The van der Waals surface area contributed by atoms with Gasteiger partial charge >= 0.3 is 0 Å². The number of nitrogens with zero attached hydrogens (tertiary/aromatic N) is 3. The van der Waals surface area contributed by atoms with Crippen LogP contribution in [-0.2, 0) is 11.4 Å². The lowest BCUT2D eigenvalue weighted by molar-refractivity contribution is -0.384. The molecule has 53 heavy (non-hydrogen) atoms. The summed E-state index contributed by atoms with van der Waals surface area (Å²) in [5.74, 6) is 1.39. The van der Waals surface area contributed by atoms with Crippen molar-refractivity contribution in [3.05, 3.63) is 164 Å². The molecule has 1 N–H and O–H groups in total. The molecule has 0 aliphatic carbocycles. The molecule has 9 nitrogen and oxygen atoms in total. The van der Waals surface area contributed by atoms with Crippen LogP contribution in [-0.4, -0.2) is 35.7 Å². The van der Waals surface area contributed by atoms with Gasteiger partial charge in [0.05, 0.1) is 22.1 Å². The average Bonchev–Trinajstić information content (AvgIpc) is 3.52. The van der Waals surface area contributed by atoms with E-state index in [9.17, 15) is 14.9 Å². The monoisotopic (exact) mass is 722 g/mol. The number of nitro groups is 1. The quantitative estimate of drug-likeness (QED) is 0.0870. The molecule has 3 aliphatic rings. The lowest BCUT2D eigenvalue weighted by Crippen LogP contribution is -2.37. The third-order valence-electron chi connectivity index (χ3n) is 9.99. The van der Waals surface area contributed by atoms with E-state index in [0.29, 0.717) is 28.2 Å². The summed E-state index contributed by atoms with van der Waals surface area (Å²) < 4.78 is 11.9. The fraction of sp³-hybridized carbons (Fsp3) is 0.209. The first-order valence-electron chi connectivity index (χ1n) is 17.9. The number of rotatable bonds is 10. The van der Waals surface area contributed by atoms with Gasteiger partial charge in [-0.05, 0) is 107 Å². The van der Waals surface area contributed by atoms with Gasteiger partial charge in [-0.2, -0.15) is 0 Å². The molecule has 1 amide bonds. The van der Waals surface area contributed by atoms with Gasteiger partial charge in [0.1, 0.15) is 6.61 Å². The number of carbonyl (C=O) groups is 1. The SMILES string of the molecule is CCOc1cc(/C=C2\SC(=Nc3cc4c5c(c3)[C@@H](c3ccccc3)CCN5CC[C@@H]4c3ccccc3)NC2=O)ccc1OCc1ccc([N+](=O)[O-])cc1. The van der Waals surface area contributed by atoms with Crippen molar-refractivity contribution in [3.8, 4) is 11.5 Å². The van der Waals surface area contributed by atoms with Gasteiger partial charge in [-0.25, -0.2) is 4.99 Å². The summed E-state index contributed by atoms with van der Waals surface area (Å²) in [6, 6.07) is 37.7. The Morgan fingerprint density at radius 2 is 1.49 bits per heavy atom. The highest BCUT2D eigenvalue weighted by Crippen LogP contribution is 2.50. The summed E-state index contributed by atoms with van der Waals surface area (Å²) >= 11 is 1.32. The van der Waals surface area contributed by atoms with Crippen LogP contribution in [0.25, 0.3) is 6.08 Å². The van der Waals surface area contributed by atoms with E-state index in [4.69, 9.17) is 14.5 Å². The largest absolute Gasteiger partial charge is 0.490 e. The number of carbonyl (C=O) groups excluding carboxylic acids is 1. The molecule has 3 heterocycles. The van der Waals surface area contributed by atoms with Crippen molar-refractivity contribution in [3.63, 3.8) is 0 Å². The number of aliphatic imine (C=N–C) groups is 1. The lowest BCUT2D eigenvalue weighted by atomic mass is 9.76. The second-order valence-electron chi connectivity index (χ2n) is 13.3. The van der Waals surface area contributed by atoms with Crippen molar-refractivity contribution in [1.29, 1.82) is 0 Å². The summed E-state index contributed by atoms with van der Waals surface area (Å²) in [5, 5.41) is 14.5. The van der Waals surface area contributed by atoms with E-state index in [1.54, 1.807) is 12.1 Å². The van der Waals surface area contributed by atoms with Crippen LogP contribution in [0.1, 0.15) is 65.0 Å². The Hall–Kier alpha value is -5.87. The molecule has 5 aromatic rings. The van der Waals surface area contributed by atoms with E-state index in [1.165, 1.54) is 51.8 Å². The standard InChI is InChI=1S/C43H38N4O5S/c1-2-51-39-23-29(15-18-38(39)52-27-28-13-16-33(17-14-28)47(49)50)24-40-42(48)45-43(53-40)44-32-25-36-34(30-9-5-3-6-10-30)19-21-46-22-20-35(37(26-32)41(36)46)31-11-7-4-8-12-31/h3-18,23-26,34-35H,2,19-22,27H2,1H3,(H,44,45,48)/b40-24-/t34-,35-/m1/s1. The minimum Gasteiger partial charge on any atom is -0.490 e. The normalized spacial score (nSPS) is 19.2.